The van der Waals surface area contributed by atoms with Gasteiger partial charge in [-0.25, -0.2) is 14.6 Å². The molecule has 0 aromatic carbocycles. The third-order valence-electron chi connectivity index (χ3n) is 3.68. The summed E-state index contributed by atoms with van der Waals surface area (Å²) >= 11 is 2.34. The van der Waals surface area contributed by atoms with E-state index in [-0.39, 0.29) is 28.8 Å². The van der Waals surface area contributed by atoms with Gasteiger partial charge in [0.1, 0.15) is 30.5 Å². The van der Waals surface area contributed by atoms with Gasteiger partial charge in [0, 0.05) is 16.7 Å². The molecule has 0 bridgehead atoms. The molecule has 0 saturated carbocycles. The van der Waals surface area contributed by atoms with Crippen LogP contribution in [0.3, 0.4) is 0 Å². The number of hydrogen-bond donors (Lipinski definition) is 4. The summed E-state index contributed by atoms with van der Waals surface area (Å²) in [6, 6.07) is -1.34. The van der Waals surface area contributed by atoms with Crippen LogP contribution in [0.25, 0.3) is 0 Å². The van der Waals surface area contributed by atoms with Crippen LogP contribution in [0.1, 0.15) is 5.69 Å². The first kappa shape index (κ1) is 19.0. The van der Waals surface area contributed by atoms with Crippen molar-refractivity contribution < 1.29 is 29.1 Å². The normalized spacial score (nSPS) is 20.4. The molecule has 0 radical (unpaired) electrons. The molecular formula is C14H15N5O6S2. The number of aliphatic carboxylic acids is 1. The molecule has 144 valence electrons. The Morgan fingerprint density at radius 2 is 2.37 bits per heavy atom. The van der Waals surface area contributed by atoms with E-state index in [1.165, 1.54) is 24.3 Å². The minimum absolute atomic E-state index is 0.162. The first-order valence-electron chi connectivity index (χ1n) is 7.54. The maximum Gasteiger partial charge on any atom is 0.354 e. The molecule has 0 fully saturated rings. The smallest absolute Gasteiger partial charge is 0.354 e. The number of carboxylic acids is 1. The molecule has 1 aromatic rings. The van der Waals surface area contributed by atoms with Crippen LogP contribution in [0.5, 0.6) is 0 Å². The van der Waals surface area contributed by atoms with Gasteiger partial charge in [0.15, 0.2) is 16.9 Å². The lowest BCUT2D eigenvalue weighted by Crippen LogP contribution is -2.55. The van der Waals surface area contributed by atoms with Gasteiger partial charge in [-0.15, -0.1) is 23.1 Å². The predicted octanol–water partition coefficient (Wildman–Crippen LogP) is -0.881. The van der Waals surface area contributed by atoms with Crippen LogP contribution in [-0.4, -0.2) is 64.5 Å². The lowest BCUT2D eigenvalue weighted by molar-refractivity contribution is -0.141. The number of rotatable bonds is 6. The number of ether oxygens (including phenoxy) is 1. The highest BCUT2D eigenvalue weighted by Gasteiger charge is 2.39. The van der Waals surface area contributed by atoms with E-state index in [2.05, 4.69) is 25.6 Å². The van der Waals surface area contributed by atoms with Gasteiger partial charge in [-0.1, -0.05) is 5.16 Å². The quantitative estimate of drug-likeness (QED) is 0.261. The van der Waals surface area contributed by atoms with E-state index in [0.717, 1.165) is 16.9 Å². The number of aromatic nitrogens is 1. The predicted molar refractivity (Wildman–Crippen MR) is 97.0 cm³/mol. The molecule has 1 amide bonds. The molecule has 0 aliphatic carbocycles. The van der Waals surface area contributed by atoms with E-state index < -0.39 is 29.3 Å². The fourth-order valence-corrected chi connectivity index (χ4v) is 4.17. The second-order valence-electron chi connectivity index (χ2n) is 5.41. The third-order valence-corrected chi connectivity index (χ3v) is 5.61. The fourth-order valence-electron chi connectivity index (χ4n) is 2.44. The number of oxime groups is 1. The number of thiazole rings is 1. The van der Waals surface area contributed by atoms with Crippen LogP contribution in [0, 0.1) is 0 Å². The van der Waals surface area contributed by atoms with E-state index in [9.17, 15) is 19.5 Å². The van der Waals surface area contributed by atoms with Crippen molar-refractivity contribution in [2.45, 2.75) is 11.4 Å². The topological polar surface area (TPSA) is 165 Å². The molecule has 0 spiro atoms. The average Bonchev–Trinajstić information content (AvgIpc) is 3.23. The first-order valence-corrected chi connectivity index (χ1v) is 9.47. The van der Waals surface area contributed by atoms with E-state index in [1.54, 1.807) is 0 Å². The van der Waals surface area contributed by atoms with Gasteiger partial charge >= 0.3 is 11.9 Å². The maximum absolute atomic E-state index is 12.6. The molecule has 3 rings (SSSR count). The van der Waals surface area contributed by atoms with Gasteiger partial charge in [-0.2, -0.15) is 0 Å². The number of nitrogen functional groups attached to an aromatic ring is 1. The Balaban J connectivity index is 1.78. The van der Waals surface area contributed by atoms with Gasteiger partial charge in [0.25, 0.3) is 5.91 Å². The second kappa shape index (κ2) is 7.84. The Morgan fingerprint density at radius 1 is 1.59 bits per heavy atom. The van der Waals surface area contributed by atoms with E-state index in [4.69, 9.17) is 10.5 Å². The minimum atomic E-state index is -1.34. The number of nitrogens with two attached hydrogens (primary N) is 1. The Labute approximate surface area is 161 Å². The maximum atomic E-state index is 12.6. The molecule has 2 aliphatic heterocycles. The fraction of sp³-hybridized carbons (Fsp3) is 0.357. The van der Waals surface area contributed by atoms with Crippen molar-refractivity contribution in [3.63, 3.8) is 0 Å². The number of nitrogens with zero attached hydrogens (tertiary/aromatic N) is 2. The third kappa shape index (κ3) is 3.98. The number of esters is 1. The highest BCUT2D eigenvalue weighted by Crippen LogP contribution is 2.28. The minimum Gasteiger partial charge on any atom is -0.480 e. The van der Waals surface area contributed by atoms with Gasteiger partial charge in [-0.05, 0) is 0 Å². The number of amides is 1. The van der Waals surface area contributed by atoms with Crippen LogP contribution in [-0.2, 0) is 24.0 Å². The molecule has 2 atom stereocenters. The SMILES string of the molecule is CO/N=C(\C(=O)N[C@@H](C(=O)O)[C@@H]1NC2=C(COC2=O)CS1)c1csc(N)n1. The molecule has 5 N–H and O–H groups in total. The van der Waals surface area contributed by atoms with Crippen molar-refractivity contribution in [3.8, 4) is 0 Å². The molecule has 0 unspecified atom stereocenters. The van der Waals surface area contributed by atoms with Crippen LogP contribution >= 0.6 is 23.1 Å². The highest BCUT2D eigenvalue weighted by atomic mass is 32.2. The Kier molecular flexibility index (Phi) is 5.51. The Morgan fingerprint density at radius 3 is 3.00 bits per heavy atom. The van der Waals surface area contributed by atoms with E-state index in [0.29, 0.717) is 5.75 Å². The summed E-state index contributed by atoms with van der Waals surface area (Å²) < 4.78 is 4.92. The molecule has 2 aliphatic rings. The largest absolute Gasteiger partial charge is 0.480 e. The molecule has 3 heterocycles. The average molecular weight is 413 g/mol. The number of carbonyl (C=O) groups is 3. The van der Waals surface area contributed by atoms with Crippen LogP contribution < -0.4 is 16.4 Å². The van der Waals surface area contributed by atoms with Crippen molar-refractivity contribution in [2.75, 3.05) is 25.2 Å². The Bertz CT molecular complexity index is 851. The molecule has 11 nitrogen and oxygen atoms in total. The number of nitrogens with one attached hydrogen (secondary N) is 2. The number of carboxylic acid groups (broad SMARTS) is 1. The monoisotopic (exact) mass is 413 g/mol. The summed E-state index contributed by atoms with van der Waals surface area (Å²) in [5, 5.41) is 19.4. The molecule has 0 saturated heterocycles. The van der Waals surface area contributed by atoms with Crippen molar-refractivity contribution in [1.82, 2.24) is 15.6 Å². The number of hydrogen-bond acceptors (Lipinski definition) is 11. The molecule has 27 heavy (non-hydrogen) atoms. The molecular weight excluding hydrogens is 398 g/mol. The number of carbonyl (C=O) groups excluding carboxylic acids is 2. The zero-order valence-electron chi connectivity index (χ0n) is 13.9. The van der Waals surface area contributed by atoms with E-state index >= 15 is 0 Å². The van der Waals surface area contributed by atoms with Gasteiger partial charge in [0.2, 0.25) is 0 Å². The number of anilines is 1. The highest BCUT2D eigenvalue weighted by molar-refractivity contribution is 8.00. The zero-order chi connectivity index (χ0) is 19.6. The van der Waals surface area contributed by atoms with Gasteiger partial charge in [0.05, 0.1) is 0 Å². The number of cyclic esters (lactones) is 1. The van der Waals surface area contributed by atoms with E-state index in [1.807, 2.05) is 0 Å². The first-order chi connectivity index (χ1) is 12.9. The lowest BCUT2D eigenvalue weighted by atomic mass is 10.2. The standard InChI is InChI=1S/C14H15N5O6S2/c1-24-19-8(6-4-27-14(15)16-6)10(20)17-9(12(21)22)11-18-7-5(3-26-11)2-25-13(7)23/h4,9,11,18H,2-3H2,1H3,(H2,15,16)(H,17,20)(H,21,22)/b19-8-/t9-,11-/m1/s1. The van der Waals surface area contributed by atoms with Crippen molar-refractivity contribution in [2.24, 2.45) is 5.16 Å². The second-order valence-corrected chi connectivity index (χ2v) is 7.43. The van der Waals surface area contributed by atoms with Crippen molar-refractivity contribution in [3.05, 3.63) is 22.3 Å². The Hall–Kier alpha value is -2.80. The number of thioether (sulfide) groups is 1. The lowest BCUT2D eigenvalue weighted by Gasteiger charge is -2.29. The molecule has 1 aromatic heterocycles. The summed E-state index contributed by atoms with van der Waals surface area (Å²) in [4.78, 5) is 44.6. The van der Waals surface area contributed by atoms with Crippen LogP contribution in [0.15, 0.2) is 21.8 Å². The summed E-state index contributed by atoms with van der Waals surface area (Å²) in [6.45, 7) is 0.181. The van der Waals surface area contributed by atoms with Gasteiger partial charge in [-0.3, -0.25) is 4.79 Å². The molecule has 13 heteroatoms. The van der Waals surface area contributed by atoms with Crippen LogP contribution in [0.2, 0.25) is 0 Å². The van der Waals surface area contributed by atoms with Crippen LogP contribution in [0.4, 0.5) is 5.13 Å². The zero-order valence-corrected chi connectivity index (χ0v) is 15.6. The summed E-state index contributed by atoms with van der Waals surface area (Å²) in [7, 11) is 1.25. The summed E-state index contributed by atoms with van der Waals surface area (Å²) in [5.74, 6) is -2.20. The summed E-state index contributed by atoms with van der Waals surface area (Å²) in [6.07, 6.45) is 0. The van der Waals surface area contributed by atoms with Crippen molar-refractivity contribution in [1.29, 1.82) is 0 Å². The summed E-state index contributed by atoms with van der Waals surface area (Å²) in [5.41, 5.74) is 6.52. The van der Waals surface area contributed by atoms with Gasteiger partial charge < -0.3 is 31.0 Å². The van der Waals surface area contributed by atoms with Crippen molar-refractivity contribution >= 4 is 51.8 Å².